The molecule has 0 aromatic carbocycles. The molecule has 1 nitrogen and oxygen atoms in total. The van der Waals surface area contributed by atoms with Gasteiger partial charge in [0, 0.05) is 5.92 Å². The normalized spacial score (nSPS) is 15.0. The van der Waals surface area contributed by atoms with E-state index in [1.165, 1.54) is 18.1 Å². The van der Waals surface area contributed by atoms with Gasteiger partial charge in [0.1, 0.15) is 14.2 Å². The van der Waals surface area contributed by atoms with Crippen LogP contribution >= 0.6 is 0 Å². The Labute approximate surface area is 95.6 Å². The summed E-state index contributed by atoms with van der Waals surface area (Å²) in [5.41, 5.74) is 3.39. The van der Waals surface area contributed by atoms with Crippen molar-refractivity contribution in [2.45, 2.75) is 51.9 Å². The summed E-state index contributed by atoms with van der Waals surface area (Å²) in [7, 11) is -1.39. The highest BCUT2D eigenvalue weighted by Gasteiger charge is 2.24. The third kappa shape index (κ3) is 4.23. The van der Waals surface area contributed by atoms with Gasteiger partial charge < -0.3 is 5.11 Å². The first-order chi connectivity index (χ1) is 7.05. The van der Waals surface area contributed by atoms with Gasteiger partial charge in [0.15, 0.2) is 0 Å². The highest BCUT2D eigenvalue weighted by atomic mass is 28.3. The quantitative estimate of drug-likeness (QED) is 0.432. The molecule has 0 aromatic rings. The molecule has 0 aliphatic carbocycles. The first kappa shape index (κ1) is 14.5. The van der Waals surface area contributed by atoms with Gasteiger partial charge in [-0.15, -0.1) is 12.1 Å². The fourth-order valence-corrected chi connectivity index (χ4v) is 3.99. The van der Waals surface area contributed by atoms with Crippen LogP contribution in [0.1, 0.15) is 27.7 Å². The van der Waals surface area contributed by atoms with Gasteiger partial charge in [-0.3, -0.25) is 0 Å². The van der Waals surface area contributed by atoms with E-state index >= 15 is 0 Å². The first-order valence-corrected chi connectivity index (χ1v) is 8.50. The fraction of sp³-hybridized carbons (Fsp3) is 0.692. The molecule has 86 valence electrons. The molecular weight excluding hydrogens is 200 g/mol. The van der Waals surface area contributed by atoms with Crippen LogP contribution in [0.25, 0.3) is 0 Å². The second-order valence-electron chi connectivity index (χ2n) is 4.15. The van der Waals surface area contributed by atoms with E-state index in [0.717, 1.165) is 0 Å². The van der Waals surface area contributed by atoms with Crippen molar-refractivity contribution < 1.29 is 5.11 Å². The molecule has 2 heteroatoms. The summed E-state index contributed by atoms with van der Waals surface area (Å²) in [5.74, 6) is 3.09. The van der Waals surface area contributed by atoms with Crippen molar-refractivity contribution in [3.63, 3.8) is 0 Å². The summed E-state index contributed by atoms with van der Waals surface area (Å²) in [5, 5.41) is 9.74. The third-order valence-corrected chi connectivity index (χ3v) is 8.12. The Morgan fingerprint density at radius 2 is 1.73 bits per heavy atom. The predicted molar refractivity (Wildman–Crippen MR) is 70.3 cm³/mol. The zero-order chi connectivity index (χ0) is 11.9. The van der Waals surface area contributed by atoms with Crippen LogP contribution in [-0.4, -0.2) is 19.3 Å². The van der Waals surface area contributed by atoms with Crippen molar-refractivity contribution in [1.29, 1.82) is 0 Å². The Hall–Kier alpha value is -0.523. The maximum atomic E-state index is 9.74. The van der Waals surface area contributed by atoms with Gasteiger partial charge in [-0.2, -0.15) is 0 Å². The minimum atomic E-state index is -1.39. The van der Waals surface area contributed by atoms with Gasteiger partial charge >= 0.3 is 0 Å². The summed E-state index contributed by atoms with van der Waals surface area (Å²) in [6.07, 6.45) is 1.21. The van der Waals surface area contributed by atoms with Gasteiger partial charge in [0.05, 0.1) is 0 Å². The molecule has 0 aliphatic heterocycles. The maximum Gasteiger partial charge on any atom is 0.137 e. The van der Waals surface area contributed by atoms with Crippen LogP contribution in [0.15, 0.2) is 12.7 Å². The summed E-state index contributed by atoms with van der Waals surface area (Å²) in [4.78, 5) is 0. The second kappa shape index (κ2) is 6.87. The number of hydrogen-bond acceptors (Lipinski definition) is 1. The standard InChI is InChI=1S/C13H24OSi/c1-6-12(5)13(14)10-11-15(7-2,8-3)9-4/h6,12-14H,1,7-9H2,2-5H3/t12-,13-/m1/s1. The SMILES string of the molecule is C=C[C@@H](C)[C@H](O)C#C[Si](CC)(CC)CC. The number of aliphatic hydroxyl groups is 1. The molecule has 0 aromatic heterocycles. The molecule has 0 saturated carbocycles. The first-order valence-electron chi connectivity index (χ1n) is 5.88. The molecule has 0 aliphatic rings. The topological polar surface area (TPSA) is 20.2 Å². The molecule has 0 spiro atoms. The molecule has 0 heterocycles. The molecule has 0 saturated heterocycles. The Balaban J connectivity index is 4.66. The van der Waals surface area contributed by atoms with Crippen molar-refractivity contribution in [3.05, 3.63) is 12.7 Å². The Morgan fingerprint density at radius 3 is 2.07 bits per heavy atom. The molecule has 0 unspecified atom stereocenters. The summed E-state index contributed by atoms with van der Waals surface area (Å²) < 4.78 is 0. The number of rotatable bonds is 5. The van der Waals surface area contributed by atoms with E-state index in [4.69, 9.17) is 0 Å². The van der Waals surface area contributed by atoms with Crippen LogP contribution in [0, 0.1) is 17.4 Å². The molecule has 2 atom stereocenters. The average molecular weight is 224 g/mol. The van der Waals surface area contributed by atoms with Gasteiger partial charge in [-0.05, 0) is 18.1 Å². The van der Waals surface area contributed by atoms with Crippen molar-refractivity contribution in [2.24, 2.45) is 5.92 Å². The lowest BCUT2D eigenvalue weighted by atomic mass is 10.1. The van der Waals surface area contributed by atoms with E-state index < -0.39 is 14.2 Å². The van der Waals surface area contributed by atoms with Gasteiger partial charge in [0.25, 0.3) is 0 Å². The summed E-state index contributed by atoms with van der Waals surface area (Å²) >= 11 is 0. The minimum absolute atomic E-state index is 0.0646. The smallest absolute Gasteiger partial charge is 0.137 e. The van der Waals surface area contributed by atoms with Crippen LogP contribution in [-0.2, 0) is 0 Å². The maximum absolute atomic E-state index is 9.74. The second-order valence-corrected chi connectivity index (χ2v) is 9.08. The van der Waals surface area contributed by atoms with Crippen LogP contribution in [0.2, 0.25) is 18.1 Å². The van der Waals surface area contributed by atoms with Crippen molar-refractivity contribution in [2.75, 3.05) is 0 Å². The molecule has 0 bridgehead atoms. The zero-order valence-corrected chi connectivity index (χ0v) is 11.5. The molecular formula is C13H24OSi. The molecule has 0 radical (unpaired) electrons. The molecule has 15 heavy (non-hydrogen) atoms. The van der Waals surface area contributed by atoms with Gasteiger partial charge in [0.2, 0.25) is 0 Å². The highest BCUT2D eigenvalue weighted by Crippen LogP contribution is 2.19. The van der Waals surface area contributed by atoms with E-state index in [9.17, 15) is 5.11 Å². The van der Waals surface area contributed by atoms with E-state index in [1.807, 2.05) is 6.92 Å². The molecule has 1 N–H and O–H groups in total. The molecule has 0 amide bonds. The minimum Gasteiger partial charge on any atom is -0.380 e. The average Bonchev–Trinajstić information content (AvgIpc) is 2.30. The van der Waals surface area contributed by atoms with Gasteiger partial charge in [-0.1, -0.05) is 39.7 Å². The Morgan fingerprint density at radius 1 is 1.27 bits per heavy atom. The lowest BCUT2D eigenvalue weighted by molar-refractivity contribution is 0.195. The Kier molecular flexibility index (Phi) is 6.63. The largest absolute Gasteiger partial charge is 0.380 e. The van der Waals surface area contributed by atoms with E-state index in [-0.39, 0.29) is 5.92 Å². The monoisotopic (exact) mass is 224 g/mol. The Bertz CT molecular complexity index is 237. The zero-order valence-electron chi connectivity index (χ0n) is 10.5. The predicted octanol–water partition coefficient (Wildman–Crippen LogP) is 3.22. The lowest BCUT2D eigenvalue weighted by Crippen LogP contribution is -2.30. The lowest BCUT2D eigenvalue weighted by Gasteiger charge is -2.20. The fourth-order valence-electron chi connectivity index (χ4n) is 1.50. The van der Waals surface area contributed by atoms with Crippen LogP contribution in [0.4, 0.5) is 0 Å². The van der Waals surface area contributed by atoms with E-state index in [2.05, 4.69) is 38.8 Å². The van der Waals surface area contributed by atoms with Crippen LogP contribution < -0.4 is 0 Å². The summed E-state index contributed by atoms with van der Waals surface area (Å²) in [6, 6.07) is 3.55. The van der Waals surface area contributed by atoms with Crippen molar-refractivity contribution in [3.8, 4) is 11.5 Å². The van der Waals surface area contributed by atoms with E-state index in [0.29, 0.717) is 0 Å². The molecule has 0 rings (SSSR count). The molecule has 0 fully saturated rings. The number of hydrogen-bond donors (Lipinski definition) is 1. The van der Waals surface area contributed by atoms with E-state index in [1.54, 1.807) is 6.08 Å². The van der Waals surface area contributed by atoms with Crippen molar-refractivity contribution >= 4 is 8.07 Å². The summed E-state index contributed by atoms with van der Waals surface area (Å²) in [6.45, 7) is 12.3. The van der Waals surface area contributed by atoms with Crippen LogP contribution in [0.5, 0.6) is 0 Å². The number of aliphatic hydroxyl groups excluding tert-OH is 1. The van der Waals surface area contributed by atoms with Crippen molar-refractivity contribution in [1.82, 2.24) is 0 Å². The third-order valence-electron chi connectivity index (χ3n) is 3.39. The van der Waals surface area contributed by atoms with Gasteiger partial charge in [-0.25, -0.2) is 0 Å². The van der Waals surface area contributed by atoms with Crippen LogP contribution in [0.3, 0.4) is 0 Å². The highest BCUT2D eigenvalue weighted by molar-refractivity contribution is 6.87.